The zero-order valence-corrected chi connectivity index (χ0v) is 12.1. The van der Waals surface area contributed by atoms with Gasteiger partial charge in [-0.05, 0) is 38.0 Å². The molecule has 0 saturated heterocycles. The maximum atomic E-state index is 10.9. The average molecular weight is 296 g/mol. The van der Waals surface area contributed by atoms with E-state index in [0.29, 0.717) is 30.8 Å². The minimum atomic E-state index is -1.11. The van der Waals surface area contributed by atoms with Crippen molar-refractivity contribution in [1.29, 1.82) is 0 Å². The molecule has 0 spiro atoms. The largest absolute Gasteiger partial charge is 0.478 e. The molecule has 1 aliphatic heterocycles. The maximum absolute atomic E-state index is 10.9. The van der Waals surface area contributed by atoms with Crippen LogP contribution in [0.2, 0.25) is 0 Å². The van der Waals surface area contributed by atoms with Crippen molar-refractivity contribution in [3.8, 4) is 11.5 Å². The predicted octanol–water partition coefficient (Wildman–Crippen LogP) is 1.79. The Morgan fingerprint density at radius 2 is 2.00 bits per heavy atom. The van der Waals surface area contributed by atoms with E-state index in [1.54, 1.807) is 19.9 Å². The fraction of sp³-hybridized carbons (Fsp3) is 0.533. The van der Waals surface area contributed by atoms with Crippen molar-refractivity contribution in [2.75, 3.05) is 6.61 Å². The highest BCUT2D eigenvalue weighted by atomic mass is 16.7. The highest BCUT2D eigenvalue weighted by Crippen LogP contribution is 2.41. The number of ether oxygens (including phenoxy) is 2. The molecule has 1 aromatic rings. The van der Waals surface area contributed by atoms with Crippen LogP contribution < -0.4 is 9.47 Å². The number of aromatic carboxylic acids is 1. The summed E-state index contributed by atoms with van der Waals surface area (Å²) in [6.45, 7) is 3.04. The maximum Gasteiger partial charge on any atom is 0.335 e. The summed E-state index contributed by atoms with van der Waals surface area (Å²) in [7, 11) is 0. The Bertz CT molecular complexity index is 539. The first-order valence-corrected chi connectivity index (χ1v) is 6.83. The molecule has 0 aromatic heterocycles. The van der Waals surface area contributed by atoms with Crippen LogP contribution in [0.1, 0.15) is 43.5 Å². The molecule has 0 radical (unpaired) electrons. The molecule has 0 aliphatic carbocycles. The second-order valence-corrected chi connectivity index (χ2v) is 5.81. The van der Waals surface area contributed by atoms with Crippen LogP contribution in [0.15, 0.2) is 18.2 Å². The van der Waals surface area contributed by atoms with Crippen molar-refractivity contribution in [3.63, 3.8) is 0 Å². The fourth-order valence-corrected chi connectivity index (χ4v) is 2.26. The number of fused-ring (bicyclic) bond motifs is 1. The number of carbonyl (C=O) groups is 1. The summed E-state index contributed by atoms with van der Waals surface area (Å²) in [6, 6.07) is 4.48. The van der Waals surface area contributed by atoms with Crippen LogP contribution in [0.3, 0.4) is 0 Å². The van der Waals surface area contributed by atoms with E-state index in [9.17, 15) is 9.90 Å². The minimum absolute atomic E-state index is 0.143. The molecule has 1 unspecified atom stereocenters. The Labute approximate surface area is 122 Å². The van der Waals surface area contributed by atoms with Gasteiger partial charge in [0.05, 0.1) is 17.8 Å². The van der Waals surface area contributed by atoms with Gasteiger partial charge in [0, 0.05) is 13.3 Å². The first kappa shape index (κ1) is 15.6. The third kappa shape index (κ3) is 3.65. The van der Waals surface area contributed by atoms with Gasteiger partial charge < -0.3 is 24.8 Å². The Morgan fingerprint density at radius 3 is 2.62 bits per heavy atom. The molecule has 6 heteroatoms. The Kier molecular flexibility index (Phi) is 4.11. The zero-order valence-electron chi connectivity index (χ0n) is 12.1. The summed E-state index contributed by atoms with van der Waals surface area (Å²) in [4.78, 5) is 10.9. The van der Waals surface area contributed by atoms with Crippen LogP contribution >= 0.6 is 0 Å². The molecule has 116 valence electrons. The van der Waals surface area contributed by atoms with Crippen molar-refractivity contribution in [3.05, 3.63) is 23.8 Å². The summed E-state index contributed by atoms with van der Waals surface area (Å²) in [5.74, 6) is -0.984. The van der Waals surface area contributed by atoms with Crippen LogP contribution in [-0.2, 0) is 0 Å². The number of carboxylic acids is 1. The van der Waals surface area contributed by atoms with Gasteiger partial charge in [0.25, 0.3) is 0 Å². The second kappa shape index (κ2) is 5.54. The van der Waals surface area contributed by atoms with E-state index in [2.05, 4.69) is 0 Å². The molecule has 3 N–H and O–H groups in total. The van der Waals surface area contributed by atoms with Gasteiger partial charge in [0.1, 0.15) is 0 Å². The summed E-state index contributed by atoms with van der Waals surface area (Å²) < 4.78 is 11.4. The number of rotatable bonds is 6. The molecule has 1 aliphatic rings. The van der Waals surface area contributed by atoms with E-state index < -0.39 is 17.4 Å². The van der Waals surface area contributed by atoms with Gasteiger partial charge in [-0.15, -0.1) is 0 Å². The van der Waals surface area contributed by atoms with Gasteiger partial charge in [0.15, 0.2) is 11.5 Å². The van der Waals surface area contributed by atoms with Crippen LogP contribution in [0.25, 0.3) is 0 Å². The average Bonchev–Trinajstić information content (AvgIpc) is 2.73. The van der Waals surface area contributed by atoms with E-state index in [4.69, 9.17) is 19.7 Å². The molecule has 1 heterocycles. The zero-order chi connectivity index (χ0) is 15.7. The van der Waals surface area contributed by atoms with E-state index >= 15 is 0 Å². The molecule has 2 rings (SSSR count). The lowest BCUT2D eigenvalue weighted by Gasteiger charge is -2.25. The first-order valence-electron chi connectivity index (χ1n) is 6.83. The molecule has 0 bridgehead atoms. The van der Waals surface area contributed by atoms with Gasteiger partial charge in [-0.2, -0.15) is 0 Å². The lowest BCUT2D eigenvalue weighted by Crippen LogP contribution is -2.36. The number of hydrogen-bond acceptors (Lipinski definition) is 5. The van der Waals surface area contributed by atoms with Crippen LogP contribution in [0.5, 0.6) is 11.5 Å². The first-order chi connectivity index (χ1) is 9.75. The van der Waals surface area contributed by atoms with Gasteiger partial charge >= 0.3 is 5.97 Å². The minimum Gasteiger partial charge on any atom is -0.478 e. The Hall–Kier alpha value is -1.79. The molecule has 2 atom stereocenters. The second-order valence-electron chi connectivity index (χ2n) is 5.81. The quantitative estimate of drug-likeness (QED) is 0.740. The molecule has 0 amide bonds. The van der Waals surface area contributed by atoms with Crippen LogP contribution in [0.4, 0.5) is 0 Å². The van der Waals surface area contributed by atoms with Crippen molar-refractivity contribution in [2.24, 2.45) is 0 Å². The van der Waals surface area contributed by atoms with Gasteiger partial charge in [-0.25, -0.2) is 4.79 Å². The highest BCUT2D eigenvalue weighted by Gasteiger charge is 2.37. The molecule has 0 saturated carbocycles. The number of aliphatic hydroxyl groups is 2. The molecule has 6 nitrogen and oxygen atoms in total. The van der Waals surface area contributed by atoms with Gasteiger partial charge in [-0.1, -0.05) is 0 Å². The SMILES string of the molecule is CC(O)(CO)CCC[C@]1(C)Oc2ccc(C(=O)O)cc2O1. The molecular weight excluding hydrogens is 276 g/mol. The normalized spacial score (nSPS) is 22.9. The lowest BCUT2D eigenvalue weighted by atomic mass is 9.98. The monoisotopic (exact) mass is 296 g/mol. The standard InChI is InChI=1S/C15H20O6/c1-14(19,9-16)6-3-7-15(2)20-11-5-4-10(13(17)18)8-12(11)21-15/h4-5,8,16,19H,3,6-7,9H2,1-2H3,(H,17,18)/t14?,15-/m1/s1. The Balaban J connectivity index is 1.99. The summed E-state index contributed by atoms with van der Waals surface area (Å²) >= 11 is 0. The third-order valence-electron chi connectivity index (χ3n) is 3.53. The van der Waals surface area contributed by atoms with Crippen molar-refractivity contribution in [2.45, 2.75) is 44.5 Å². The molecule has 0 fully saturated rings. The topological polar surface area (TPSA) is 96.2 Å². The van der Waals surface area contributed by atoms with Gasteiger partial charge in [-0.3, -0.25) is 0 Å². The molecule has 21 heavy (non-hydrogen) atoms. The number of aliphatic hydroxyl groups excluding tert-OH is 1. The number of carboxylic acid groups (broad SMARTS) is 1. The summed E-state index contributed by atoms with van der Waals surface area (Å²) in [5.41, 5.74) is -0.969. The van der Waals surface area contributed by atoms with Crippen LogP contribution in [-0.4, -0.2) is 39.3 Å². The van der Waals surface area contributed by atoms with Crippen molar-refractivity contribution >= 4 is 5.97 Å². The third-order valence-corrected chi connectivity index (χ3v) is 3.53. The summed E-state index contributed by atoms with van der Waals surface area (Å²) in [6.07, 6.45) is 1.53. The van der Waals surface area contributed by atoms with E-state index in [1.165, 1.54) is 12.1 Å². The predicted molar refractivity (Wildman–Crippen MR) is 74.6 cm³/mol. The Morgan fingerprint density at radius 1 is 1.33 bits per heavy atom. The van der Waals surface area contributed by atoms with Gasteiger partial charge in [0.2, 0.25) is 5.79 Å². The van der Waals surface area contributed by atoms with E-state index in [0.717, 1.165) is 0 Å². The summed E-state index contributed by atoms with van der Waals surface area (Å²) in [5, 5.41) is 27.7. The van der Waals surface area contributed by atoms with E-state index in [1.807, 2.05) is 0 Å². The van der Waals surface area contributed by atoms with Crippen molar-refractivity contribution in [1.82, 2.24) is 0 Å². The number of hydrogen-bond donors (Lipinski definition) is 3. The number of benzene rings is 1. The van der Waals surface area contributed by atoms with E-state index in [-0.39, 0.29) is 12.2 Å². The fourth-order valence-electron chi connectivity index (χ4n) is 2.26. The highest BCUT2D eigenvalue weighted by molar-refractivity contribution is 5.88. The smallest absolute Gasteiger partial charge is 0.335 e. The van der Waals surface area contributed by atoms with Crippen molar-refractivity contribution < 1.29 is 29.6 Å². The lowest BCUT2D eigenvalue weighted by molar-refractivity contribution is -0.0761. The molecule has 1 aromatic carbocycles. The van der Waals surface area contributed by atoms with Crippen LogP contribution in [0, 0.1) is 0 Å². The molecular formula is C15H20O6.